The first-order valence-electron chi connectivity index (χ1n) is 5.06. The third-order valence-corrected chi connectivity index (χ3v) is 7.12. The first-order valence-corrected chi connectivity index (χ1v) is 9.75. The number of rotatable bonds is 2. The number of nitrogens with zero attached hydrogens (tertiary/aromatic N) is 2. The van der Waals surface area contributed by atoms with E-state index in [0.717, 1.165) is 5.69 Å². The molecule has 2 heterocycles. The fraction of sp³-hybridized carbons (Fsp3) is 0.273. The first-order chi connectivity index (χ1) is 7.47. The Morgan fingerprint density at radius 2 is 1.94 bits per heavy atom. The van der Waals surface area contributed by atoms with E-state index >= 15 is 0 Å². The van der Waals surface area contributed by atoms with Crippen LogP contribution in [0.5, 0.6) is 0 Å². The van der Waals surface area contributed by atoms with E-state index in [-0.39, 0.29) is 0 Å². The van der Waals surface area contributed by atoms with E-state index in [1.165, 1.54) is 9.38 Å². The van der Waals surface area contributed by atoms with Crippen LogP contribution >= 0.6 is 22.9 Å². The summed E-state index contributed by atoms with van der Waals surface area (Å²) in [6.07, 6.45) is 1.69. The monoisotopic (exact) mass is 268 g/mol. The molecule has 0 spiro atoms. The van der Waals surface area contributed by atoms with E-state index in [4.69, 9.17) is 11.6 Å². The van der Waals surface area contributed by atoms with Crippen LogP contribution in [0.4, 0.5) is 0 Å². The van der Waals surface area contributed by atoms with Gasteiger partial charge in [0.15, 0.2) is 0 Å². The van der Waals surface area contributed by atoms with E-state index in [0.29, 0.717) is 5.28 Å². The molecule has 5 heteroatoms. The van der Waals surface area contributed by atoms with Gasteiger partial charge in [-0.05, 0) is 28.2 Å². The lowest BCUT2D eigenvalue weighted by Crippen LogP contribution is -2.34. The van der Waals surface area contributed by atoms with Crippen molar-refractivity contribution in [3.63, 3.8) is 0 Å². The molecule has 0 aliphatic carbocycles. The Morgan fingerprint density at radius 1 is 1.19 bits per heavy atom. The molecule has 0 aliphatic rings. The van der Waals surface area contributed by atoms with Gasteiger partial charge in [-0.2, -0.15) is 0 Å². The maximum atomic E-state index is 5.78. The molecular formula is C11H13ClN2SSi. The van der Waals surface area contributed by atoms with Crippen LogP contribution in [0.25, 0.3) is 10.6 Å². The maximum Gasteiger partial charge on any atom is 0.222 e. The maximum absolute atomic E-state index is 5.78. The highest BCUT2D eigenvalue weighted by molar-refractivity contribution is 7.28. The Bertz CT molecular complexity index is 505. The van der Waals surface area contributed by atoms with E-state index < -0.39 is 8.07 Å². The van der Waals surface area contributed by atoms with Gasteiger partial charge in [0, 0.05) is 6.20 Å². The van der Waals surface area contributed by atoms with Crippen LogP contribution in [-0.4, -0.2) is 18.0 Å². The molecule has 0 saturated carbocycles. The Hall–Kier alpha value is -0.713. The topological polar surface area (TPSA) is 25.8 Å². The van der Waals surface area contributed by atoms with Crippen molar-refractivity contribution in [2.24, 2.45) is 0 Å². The van der Waals surface area contributed by atoms with Gasteiger partial charge in [0.2, 0.25) is 5.28 Å². The number of thiophene rings is 1. The summed E-state index contributed by atoms with van der Waals surface area (Å²) < 4.78 is 1.48. The van der Waals surface area contributed by atoms with Crippen molar-refractivity contribution in [3.8, 4) is 10.6 Å². The second kappa shape index (κ2) is 4.28. The minimum atomic E-state index is -1.22. The number of hydrogen-bond acceptors (Lipinski definition) is 3. The lowest BCUT2D eigenvalue weighted by Gasteiger charge is -2.12. The molecule has 2 aromatic heterocycles. The molecule has 0 bridgehead atoms. The van der Waals surface area contributed by atoms with Gasteiger partial charge in [-0.15, -0.1) is 11.3 Å². The van der Waals surface area contributed by atoms with Crippen LogP contribution < -0.4 is 4.50 Å². The van der Waals surface area contributed by atoms with Crippen molar-refractivity contribution in [2.75, 3.05) is 0 Å². The van der Waals surface area contributed by atoms with Crippen LogP contribution in [0.2, 0.25) is 24.9 Å². The average Bonchev–Trinajstić information content (AvgIpc) is 2.65. The second-order valence-corrected chi connectivity index (χ2v) is 11.4. The summed E-state index contributed by atoms with van der Waals surface area (Å²) in [6, 6.07) is 6.23. The summed E-state index contributed by atoms with van der Waals surface area (Å²) in [7, 11) is -1.22. The van der Waals surface area contributed by atoms with E-state index in [2.05, 4.69) is 41.7 Å². The van der Waals surface area contributed by atoms with Crippen molar-refractivity contribution < 1.29 is 0 Å². The van der Waals surface area contributed by atoms with E-state index in [1.807, 2.05) is 17.4 Å². The van der Waals surface area contributed by atoms with Gasteiger partial charge in [0.1, 0.15) is 0 Å². The predicted octanol–water partition coefficient (Wildman–Crippen LogP) is 3.40. The standard InChI is InChI=1S/C11H13ClN2SSi/c1-16(2,3)10-5-4-9(15-10)8-6-7-13-11(12)14-8/h4-7H,1-3H3. The normalized spacial score (nSPS) is 11.8. The van der Waals surface area contributed by atoms with Crippen molar-refractivity contribution in [3.05, 3.63) is 29.7 Å². The molecule has 0 amide bonds. The molecule has 0 unspecified atom stereocenters. The highest BCUT2D eigenvalue weighted by Gasteiger charge is 2.19. The lowest BCUT2D eigenvalue weighted by atomic mass is 10.3. The van der Waals surface area contributed by atoms with Crippen molar-refractivity contribution in [1.82, 2.24) is 9.97 Å². The zero-order valence-electron chi connectivity index (χ0n) is 9.49. The first kappa shape index (κ1) is 11.8. The lowest BCUT2D eigenvalue weighted by molar-refractivity contribution is 1.18. The van der Waals surface area contributed by atoms with Crippen LogP contribution in [0.3, 0.4) is 0 Å². The summed E-state index contributed by atoms with van der Waals surface area (Å²) in [5, 5.41) is 0.306. The molecule has 0 N–H and O–H groups in total. The van der Waals surface area contributed by atoms with Crippen LogP contribution in [0, 0.1) is 0 Å². The fourth-order valence-corrected chi connectivity index (χ4v) is 4.36. The van der Waals surface area contributed by atoms with Gasteiger partial charge >= 0.3 is 0 Å². The summed E-state index contributed by atoms with van der Waals surface area (Å²) >= 11 is 7.60. The van der Waals surface area contributed by atoms with E-state index in [9.17, 15) is 0 Å². The number of aromatic nitrogens is 2. The van der Waals surface area contributed by atoms with Crippen LogP contribution in [0.15, 0.2) is 24.4 Å². The summed E-state index contributed by atoms with van der Waals surface area (Å²) in [4.78, 5) is 9.28. The van der Waals surface area contributed by atoms with Gasteiger partial charge in [0.05, 0.1) is 18.6 Å². The minimum absolute atomic E-state index is 0.306. The number of hydrogen-bond donors (Lipinski definition) is 0. The fourth-order valence-electron chi connectivity index (χ4n) is 1.35. The quantitative estimate of drug-likeness (QED) is 0.616. The highest BCUT2D eigenvalue weighted by Crippen LogP contribution is 2.23. The SMILES string of the molecule is C[Si](C)(C)c1ccc(-c2ccnc(Cl)n2)s1. The average molecular weight is 269 g/mol. The van der Waals surface area contributed by atoms with Gasteiger partial charge in [0.25, 0.3) is 0 Å². The van der Waals surface area contributed by atoms with Crippen LogP contribution in [0.1, 0.15) is 0 Å². The Labute approximate surface area is 105 Å². The Balaban J connectivity index is 2.39. The molecule has 16 heavy (non-hydrogen) atoms. The third kappa shape index (κ3) is 2.51. The zero-order valence-corrected chi connectivity index (χ0v) is 12.1. The molecule has 0 fully saturated rings. The predicted molar refractivity (Wildman–Crippen MR) is 73.3 cm³/mol. The molecule has 2 nitrogen and oxygen atoms in total. The van der Waals surface area contributed by atoms with Gasteiger partial charge < -0.3 is 0 Å². The number of halogens is 1. The minimum Gasteiger partial charge on any atom is -0.226 e. The van der Waals surface area contributed by atoms with Gasteiger partial charge in [-0.25, -0.2) is 9.97 Å². The van der Waals surface area contributed by atoms with Crippen molar-refractivity contribution in [1.29, 1.82) is 0 Å². The van der Waals surface area contributed by atoms with Crippen molar-refractivity contribution in [2.45, 2.75) is 19.6 Å². The molecule has 0 aliphatic heterocycles. The third-order valence-electron chi connectivity index (χ3n) is 2.22. The molecule has 2 rings (SSSR count). The molecule has 0 atom stereocenters. The second-order valence-electron chi connectivity index (χ2n) is 4.62. The molecule has 2 aromatic rings. The molecule has 84 valence electrons. The zero-order chi connectivity index (χ0) is 11.8. The summed E-state index contributed by atoms with van der Waals surface area (Å²) in [5.74, 6) is 0. The van der Waals surface area contributed by atoms with Gasteiger partial charge in [-0.3, -0.25) is 0 Å². The summed E-state index contributed by atoms with van der Waals surface area (Å²) in [6.45, 7) is 7.03. The Morgan fingerprint density at radius 3 is 2.50 bits per heavy atom. The molecule has 0 aromatic carbocycles. The largest absolute Gasteiger partial charge is 0.226 e. The van der Waals surface area contributed by atoms with Gasteiger partial charge in [-0.1, -0.05) is 25.7 Å². The van der Waals surface area contributed by atoms with E-state index in [1.54, 1.807) is 6.20 Å². The smallest absolute Gasteiger partial charge is 0.222 e. The molecule has 0 radical (unpaired) electrons. The Kier molecular flexibility index (Phi) is 3.14. The summed E-state index contributed by atoms with van der Waals surface area (Å²) in [5.41, 5.74) is 0.912. The highest BCUT2D eigenvalue weighted by atomic mass is 35.5. The molecule has 0 saturated heterocycles. The molecular weight excluding hydrogens is 256 g/mol. The van der Waals surface area contributed by atoms with Crippen molar-refractivity contribution >= 4 is 35.5 Å². The van der Waals surface area contributed by atoms with Crippen LogP contribution in [-0.2, 0) is 0 Å².